The molecule has 0 fully saturated rings. The van der Waals surface area contributed by atoms with Crippen molar-refractivity contribution in [3.05, 3.63) is 101 Å². The molecule has 0 atom stereocenters. The lowest BCUT2D eigenvalue weighted by molar-refractivity contribution is 0.103. The summed E-state index contributed by atoms with van der Waals surface area (Å²) in [5.74, 6) is 0.0505. The molecule has 3 heteroatoms. The summed E-state index contributed by atoms with van der Waals surface area (Å²) >= 11 is 0. The Morgan fingerprint density at radius 1 is 0.778 bits per heavy atom. The van der Waals surface area contributed by atoms with E-state index < -0.39 is 0 Å². The Hall–Kier alpha value is -3.46. The number of nitrogens with one attached hydrogen (secondary N) is 1. The van der Waals surface area contributed by atoms with Gasteiger partial charge in [0.05, 0.1) is 11.9 Å². The largest absolute Gasteiger partial charge is 0.354 e. The first-order valence-electron chi connectivity index (χ1n) is 8.95. The maximum atomic E-state index is 12.8. The summed E-state index contributed by atoms with van der Waals surface area (Å²) in [5.41, 5.74) is 5.43. The molecule has 1 N–H and O–H groups in total. The highest BCUT2D eigenvalue weighted by Gasteiger charge is 2.15. The molecule has 1 heterocycles. The molecule has 0 aliphatic rings. The second-order valence-electron chi connectivity index (χ2n) is 6.64. The Bertz CT molecular complexity index is 1130. The molecule has 3 nitrogen and oxygen atoms in total. The van der Waals surface area contributed by atoms with E-state index in [1.54, 1.807) is 0 Å². The van der Waals surface area contributed by atoms with Gasteiger partial charge in [0, 0.05) is 33.8 Å². The Kier molecular flexibility index (Phi) is 4.43. The summed E-state index contributed by atoms with van der Waals surface area (Å²) < 4.78 is 0. The summed E-state index contributed by atoms with van der Waals surface area (Å²) in [5, 5.41) is 5.70. The molecule has 1 aromatic heterocycles. The van der Waals surface area contributed by atoms with Crippen molar-refractivity contribution in [1.82, 2.24) is 4.98 Å². The van der Waals surface area contributed by atoms with E-state index in [1.807, 2.05) is 86.9 Å². The van der Waals surface area contributed by atoms with Crippen molar-refractivity contribution in [2.75, 3.05) is 5.32 Å². The van der Waals surface area contributed by atoms with Gasteiger partial charge in [0.25, 0.3) is 0 Å². The highest BCUT2D eigenvalue weighted by molar-refractivity contribution is 6.10. The third-order valence-electron chi connectivity index (χ3n) is 5.01. The normalized spacial score (nSPS) is 10.7. The van der Waals surface area contributed by atoms with E-state index in [0.29, 0.717) is 5.56 Å². The average Bonchev–Trinajstić information content (AvgIpc) is 2.72. The van der Waals surface area contributed by atoms with Crippen LogP contribution in [0.15, 0.2) is 79.1 Å². The lowest BCUT2D eigenvalue weighted by Crippen LogP contribution is -2.06. The number of nitrogens with zero attached hydrogens (tertiary/aromatic N) is 1. The molecule has 4 aromatic rings. The number of ketones is 1. The minimum atomic E-state index is 0.0505. The smallest absolute Gasteiger partial charge is 0.193 e. The van der Waals surface area contributed by atoms with Gasteiger partial charge in [0.1, 0.15) is 0 Å². The average molecular weight is 352 g/mol. The van der Waals surface area contributed by atoms with Gasteiger partial charge in [-0.05, 0) is 37.1 Å². The summed E-state index contributed by atoms with van der Waals surface area (Å²) in [6, 6.07) is 21.4. The molecule has 4 rings (SSSR count). The Labute approximate surface area is 158 Å². The monoisotopic (exact) mass is 352 g/mol. The van der Waals surface area contributed by atoms with Crippen LogP contribution in [0.1, 0.15) is 27.0 Å². The molecule has 0 bridgehead atoms. The van der Waals surface area contributed by atoms with E-state index >= 15 is 0 Å². The number of carbonyl (C=O) groups is 1. The lowest BCUT2D eigenvalue weighted by Gasteiger charge is -2.16. The van der Waals surface area contributed by atoms with Crippen LogP contribution in [-0.2, 0) is 0 Å². The second kappa shape index (κ2) is 7.04. The fourth-order valence-corrected chi connectivity index (χ4v) is 3.31. The number of aromatic nitrogens is 1. The summed E-state index contributed by atoms with van der Waals surface area (Å²) in [6.07, 6.45) is 3.69. The van der Waals surface area contributed by atoms with Crippen LogP contribution in [0.2, 0.25) is 0 Å². The molecule has 0 aliphatic carbocycles. The van der Waals surface area contributed by atoms with Crippen LogP contribution in [0, 0.1) is 13.8 Å². The molecule has 0 unspecified atom stereocenters. The molecule has 0 aliphatic heterocycles. The molecule has 132 valence electrons. The third kappa shape index (κ3) is 3.20. The van der Waals surface area contributed by atoms with Crippen molar-refractivity contribution < 1.29 is 4.79 Å². The molecule has 0 radical (unpaired) electrons. The first-order chi connectivity index (χ1) is 13.1. The predicted octanol–water partition coefficient (Wildman–Crippen LogP) is 5.83. The van der Waals surface area contributed by atoms with Gasteiger partial charge in [-0.3, -0.25) is 9.78 Å². The molecule has 3 aromatic carbocycles. The molecule has 0 spiro atoms. The highest BCUT2D eigenvalue weighted by Crippen LogP contribution is 2.30. The van der Waals surface area contributed by atoms with Crippen LogP contribution in [0.5, 0.6) is 0 Å². The zero-order valence-corrected chi connectivity index (χ0v) is 15.4. The summed E-state index contributed by atoms with van der Waals surface area (Å²) in [7, 11) is 0. The SMILES string of the molecule is Cc1c(Nc2cncc3ccccc23)ccc(C(=O)c2ccccc2)c1C. The number of rotatable bonds is 4. The standard InChI is InChI=1S/C24H20N2O/c1-16-17(2)22(13-12-20(16)24(27)18-8-4-3-5-9-18)26-23-15-25-14-19-10-6-7-11-21(19)23/h3-15,26H,1-2H3. The van der Waals surface area contributed by atoms with Crippen molar-refractivity contribution in [1.29, 1.82) is 0 Å². The van der Waals surface area contributed by atoms with Gasteiger partial charge in [-0.15, -0.1) is 0 Å². The minimum absolute atomic E-state index is 0.0505. The van der Waals surface area contributed by atoms with Crippen LogP contribution in [-0.4, -0.2) is 10.8 Å². The van der Waals surface area contributed by atoms with Crippen LogP contribution in [0.4, 0.5) is 11.4 Å². The first kappa shape index (κ1) is 17.0. The number of pyridine rings is 1. The van der Waals surface area contributed by atoms with Gasteiger partial charge >= 0.3 is 0 Å². The first-order valence-corrected chi connectivity index (χ1v) is 8.95. The van der Waals surface area contributed by atoms with Gasteiger partial charge in [-0.1, -0.05) is 54.6 Å². The van der Waals surface area contributed by atoms with E-state index in [-0.39, 0.29) is 5.78 Å². The second-order valence-corrected chi connectivity index (χ2v) is 6.64. The van der Waals surface area contributed by atoms with Gasteiger partial charge in [-0.25, -0.2) is 0 Å². The molecule has 0 saturated carbocycles. The molecule has 27 heavy (non-hydrogen) atoms. The van der Waals surface area contributed by atoms with E-state index in [2.05, 4.69) is 16.4 Å². The lowest BCUT2D eigenvalue weighted by atomic mass is 9.95. The van der Waals surface area contributed by atoms with Crippen LogP contribution in [0.25, 0.3) is 10.8 Å². The number of hydrogen-bond donors (Lipinski definition) is 1. The van der Waals surface area contributed by atoms with Crippen molar-refractivity contribution in [3.8, 4) is 0 Å². The maximum Gasteiger partial charge on any atom is 0.193 e. The topological polar surface area (TPSA) is 42.0 Å². The van der Waals surface area contributed by atoms with Crippen molar-refractivity contribution in [2.24, 2.45) is 0 Å². The van der Waals surface area contributed by atoms with Crippen LogP contribution >= 0.6 is 0 Å². The van der Waals surface area contributed by atoms with Crippen molar-refractivity contribution in [2.45, 2.75) is 13.8 Å². The number of benzene rings is 3. The quantitative estimate of drug-likeness (QED) is 0.470. The Balaban J connectivity index is 1.71. The number of fused-ring (bicyclic) bond motifs is 1. The third-order valence-corrected chi connectivity index (χ3v) is 5.01. The highest BCUT2D eigenvalue weighted by atomic mass is 16.1. The minimum Gasteiger partial charge on any atom is -0.354 e. The van der Waals surface area contributed by atoms with Crippen molar-refractivity contribution >= 4 is 27.9 Å². The number of anilines is 2. The van der Waals surface area contributed by atoms with E-state index in [4.69, 9.17) is 0 Å². The van der Waals surface area contributed by atoms with Gasteiger partial charge in [0.2, 0.25) is 0 Å². The van der Waals surface area contributed by atoms with Gasteiger partial charge in [0.15, 0.2) is 5.78 Å². The van der Waals surface area contributed by atoms with Crippen LogP contribution < -0.4 is 5.32 Å². The maximum absolute atomic E-state index is 12.8. The van der Waals surface area contributed by atoms with E-state index in [0.717, 1.165) is 38.8 Å². The summed E-state index contributed by atoms with van der Waals surface area (Å²) in [6.45, 7) is 4.04. The molecule has 0 amide bonds. The predicted molar refractivity (Wildman–Crippen MR) is 111 cm³/mol. The number of carbonyl (C=O) groups excluding carboxylic acids is 1. The Morgan fingerprint density at radius 2 is 1.52 bits per heavy atom. The summed E-state index contributed by atoms with van der Waals surface area (Å²) in [4.78, 5) is 17.2. The van der Waals surface area contributed by atoms with Crippen LogP contribution in [0.3, 0.4) is 0 Å². The molecular formula is C24H20N2O. The van der Waals surface area contributed by atoms with Gasteiger partial charge in [-0.2, -0.15) is 0 Å². The number of hydrogen-bond acceptors (Lipinski definition) is 3. The van der Waals surface area contributed by atoms with E-state index in [1.165, 1.54) is 0 Å². The van der Waals surface area contributed by atoms with E-state index in [9.17, 15) is 4.79 Å². The zero-order chi connectivity index (χ0) is 18.8. The fourth-order valence-electron chi connectivity index (χ4n) is 3.31. The Morgan fingerprint density at radius 3 is 2.33 bits per heavy atom. The zero-order valence-electron chi connectivity index (χ0n) is 15.4. The fraction of sp³-hybridized carbons (Fsp3) is 0.0833. The van der Waals surface area contributed by atoms with Gasteiger partial charge < -0.3 is 5.32 Å². The molecular weight excluding hydrogens is 332 g/mol. The van der Waals surface area contributed by atoms with Crippen molar-refractivity contribution in [3.63, 3.8) is 0 Å². The molecule has 0 saturated heterocycles.